The summed E-state index contributed by atoms with van der Waals surface area (Å²) < 4.78 is 43.7. The summed E-state index contributed by atoms with van der Waals surface area (Å²) >= 11 is 0. The number of carbonyl (C=O) groups excluding carboxylic acids is 1. The second-order valence-corrected chi connectivity index (χ2v) is 9.27. The maximum absolute atomic E-state index is 13.6. The minimum Gasteiger partial charge on any atom is -0.497 e. The molecule has 0 spiro atoms. The SMILES string of the molecule is COc1ccc(N(CC(=O)N/N=C\c2ccccc2C(=O)O)S(=O)(=O)c2ccc(OC)c(OC)c2)cc1. The number of anilines is 1. The lowest BCUT2D eigenvalue weighted by Gasteiger charge is -2.24. The van der Waals surface area contributed by atoms with Gasteiger partial charge in [-0.1, -0.05) is 18.2 Å². The van der Waals surface area contributed by atoms with Gasteiger partial charge >= 0.3 is 5.97 Å². The molecule has 12 heteroatoms. The number of benzene rings is 3. The normalized spacial score (nSPS) is 11.1. The highest BCUT2D eigenvalue weighted by molar-refractivity contribution is 7.92. The molecule has 3 aromatic rings. The molecule has 3 rings (SSSR count). The van der Waals surface area contributed by atoms with Crippen molar-refractivity contribution in [3.63, 3.8) is 0 Å². The standard InChI is InChI=1S/C25H25N3O8S/c1-34-19-10-8-18(9-11-19)28(37(32,33)20-12-13-22(35-2)23(14-20)36-3)16-24(29)27-26-15-17-6-4-5-7-21(17)25(30)31/h4-15H,16H2,1-3H3,(H,27,29)(H,30,31)/b26-15-. The van der Waals surface area contributed by atoms with Crippen molar-refractivity contribution in [1.29, 1.82) is 0 Å². The number of methoxy groups -OCH3 is 3. The number of rotatable bonds is 11. The molecule has 0 aliphatic heterocycles. The van der Waals surface area contributed by atoms with Gasteiger partial charge in [0.05, 0.1) is 43.7 Å². The van der Waals surface area contributed by atoms with Gasteiger partial charge in [0.25, 0.3) is 15.9 Å². The molecule has 0 unspecified atom stereocenters. The number of hydrogen-bond donors (Lipinski definition) is 2. The number of hydrogen-bond acceptors (Lipinski definition) is 8. The van der Waals surface area contributed by atoms with Gasteiger partial charge < -0.3 is 19.3 Å². The van der Waals surface area contributed by atoms with Crippen molar-refractivity contribution in [2.75, 3.05) is 32.2 Å². The number of nitrogens with one attached hydrogen (secondary N) is 1. The fourth-order valence-corrected chi connectivity index (χ4v) is 4.75. The molecule has 0 saturated carbocycles. The van der Waals surface area contributed by atoms with E-state index in [0.717, 1.165) is 4.31 Å². The lowest BCUT2D eigenvalue weighted by atomic mass is 10.1. The van der Waals surface area contributed by atoms with Crippen LogP contribution in [-0.4, -0.2) is 59.5 Å². The van der Waals surface area contributed by atoms with Gasteiger partial charge in [0, 0.05) is 11.6 Å². The quantitative estimate of drug-likeness (QED) is 0.286. The molecule has 1 amide bonds. The van der Waals surface area contributed by atoms with E-state index >= 15 is 0 Å². The Balaban J connectivity index is 1.91. The van der Waals surface area contributed by atoms with Crippen LogP contribution in [-0.2, 0) is 14.8 Å². The van der Waals surface area contributed by atoms with Crippen LogP contribution in [0.2, 0.25) is 0 Å². The van der Waals surface area contributed by atoms with Gasteiger partial charge in [-0.05, 0) is 42.5 Å². The molecule has 0 heterocycles. The average molecular weight is 528 g/mol. The third-order valence-electron chi connectivity index (χ3n) is 5.17. The smallest absolute Gasteiger partial charge is 0.336 e. The Morgan fingerprint density at radius 3 is 2.24 bits per heavy atom. The number of hydrazone groups is 1. The number of sulfonamides is 1. The first-order valence-electron chi connectivity index (χ1n) is 10.7. The average Bonchev–Trinajstić information content (AvgIpc) is 2.91. The van der Waals surface area contributed by atoms with Gasteiger partial charge in [-0.25, -0.2) is 18.6 Å². The summed E-state index contributed by atoms with van der Waals surface area (Å²) in [5.41, 5.74) is 2.71. The van der Waals surface area contributed by atoms with Crippen LogP contribution in [0.5, 0.6) is 17.2 Å². The van der Waals surface area contributed by atoms with E-state index in [1.807, 2.05) is 0 Å². The molecule has 0 atom stereocenters. The molecule has 0 saturated heterocycles. The van der Waals surface area contributed by atoms with Crippen molar-refractivity contribution < 1.29 is 37.3 Å². The third kappa shape index (κ3) is 6.35. The predicted octanol–water partition coefficient (Wildman–Crippen LogP) is 2.76. The Kier molecular flexibility index (Phi) is 8.69. The van der Waals surface area contributed by atoms with Crippen LogP contribution in [0.4, 0.5) is 5.69 Å². The zero-order valence-electron chi connectivity index (χ0n) is 20.2. The Morgan fingerprint density at radius 2 is 1.62 bits per heavy atom. The van der Waals surface area contributed by atoms with Crippen LogP contribution in [0.3, 0.4) is 0 Å². The molecule has 0 aromatic heterocycles. The van der Waals surface area contributed by atoms with E-state index in [4.69, 9.17) is 14.2 Å². The Labute approximate surface area is 213 Å². The monoisotopic (exact) mass is 527 g/mol. The molecule has 0 fully saturated rings. The van der Waals surface area contributed by atoms with Crippen molar-refractivity contribution >= 4 is 33.8 Å². The first kappa shape index (κ1) is 27.0. The maximum Gasteiger partial charge on any atom is 0.336 e. The first-order chi connectivity index (χ1) is 17.7. The largest absolute Gasteiger partial charge is 0.497 e. The van der Waals surface area contributed by atoms with E-state index in [9.17, 15) is 23.1 Å². The summed E-state index contributed by atoms with van der Waals surface area (Å²) in [7, 11) is 0.0228. The van der Waals surface area contributed by atoms with Crippen LogP contribution in [0.15, 0.2) is 76.7 Å². The number of nitrogens with zero attached hydrogens (tertiary/aromatic N) is 2. The van der Waals surface area contributed by atoms with Gasteiger partial charge in [0.2, 0.25) is 0 Å². The van der Waals surface area contributed by atoms with Gasteiger partial charge in [-0.3, -0.25) is 9.10 Å². The zero-order chi connectivity index (χ0) is 27.0. The molecule has 0 radical (unpaired) electrons. The van der Waals surface area contributed by atoms with E-state index in [0.29, 0.717) is 11.5 Å². The minimum atomic E-state index is -4.25. The number of carboxylic acid groups (broad SMARTS) is 1. The number of carbonyl (C=O) groups is 2. The summed E-state index contributed by atoms with van der Waals surface area (Å²) in [6.07, 6.45) is 1.17. The molecule has 0 bridgehead atoms. The molecule has 2 N–H and O–H groups in total. The molecule has 11 nitrogen and oxygen atoms in total. The van der Waals surface area contributed by atoms with E-state index in [1.54, 1.807) is 24.3 Å². The van der Waals surface area contributed by atoms with Gasteiger partial charge in [-0.2, -0.15) is 5.10 Å². The van der Waals surface area contributed by atoms with Crippen LogP contribution in [0.1, 0.15) is 15.9 Å². The highest BCUT2D eigenvalue weighted by atomic mass is 32.2. The Morgan fingerprint density at radius 1 is 0.946 bits per heavy atom. The van der Waals surface area contributed by atoms with Gasteiger partial charge in [0.15, 0.2) is 11.5 Å². The van der Waals surface area contributed by atoms with E-state index in [1.165, 1.54) is 70.0 Å². The second kappa shape index (κ2) is 11.9. The Bertz CT molecular complexity index is 1410. The first-order valence-corrected chi connectivity index (χ1v) is 12.2. The lowest BCUT2D eigenvalue weighted by molar-refractivity contribution is -0.119. The number of aromatic carboxylic acids is 1. The zero-order valence-corrected chi connectivity index (χ0v) is 21.1. The van der Waals surface area contributed by atoms with Gasteiger partial charge in [-0.15, -0.1) is 0 Å². The van der Waals surface area contributed by atoms with Crippen LogP contribution < -0.4 is 23.9 Å². The topological polar surface area (TPSA) is 144 Å². The van der Waals surface area contributed by atoms with Crippen molar-refractivity contribution in [2.24, 2.45) is 5.10 Å². The molecule has 0 aliphatic rings. The summed E-state index contributed by atoms with van der Waals surface area (Å²) in [6, 6.07) is 16.3. The predicted molar refractivity (Wildman–Crippen MR) is 136 cm³/mol. The third-order valence-corrected chi connectivity index (χ3v) is 6.94. The fraction of sp³-hybridized carbons (Fsp3) is 0.160. The number of ether oxygens (including phenoxy) is 3. The van der Waals surface area contributed by atoms with Crippen LogP contribution in [0, 0.1) is 0 Å². The highest BCUT2D eigenvalue weighted by Gasteiger charge is 2.28. The van der Waals surface area contributed by atoms with Crippen LogP contribution in [0.25, 0.3) is 0 Å². The Hall–Kier alpha value is -4.58. The summed E-state index contributed by atoms with van der Waals surface area (Å²) in [5, 5.41) is 13.1. The summed E-state index contributed by atoms with van der Waals surface area (Å²) in [4.78, 5) is 24.0. The van der Waals surface area contributed by atoms with Crippen molar-refractivity contribution in [3.05, 3.63) is 77.9 Å². The molecular weight excluding hydrogens is 502 g/mol. The molecular formula is C25H25N3O8S. The van der Waals surface area contributed by atoms with Crippen LogP contribution >= 0.6 is 0 Å². The maximum atomic E-state index is 13.6. The van der Waals surface area contributed by atoms with E-state index in [-0.39, 0.29) is 27.5 Å². The van der Waals surface area contributed by atoms with Gasteiger partial charge in [0.1, 0.15) is 12.3 Å². The van der Waals surface area contributed by atoms with E-state index < -0.39 is 28.4 Å². The minimum absolute atomic E-state index is 0.00334. The summed E-state index contributed by atoms with van der Waals surface area (Å²) in [6.45, 7) is -0.624. The fourth-order valence-electron chi connectivity index (χ4n) is 3.31. The summed E-state index contributed by atoms with van der Waals surface area (Å²) in [5.74, 6) is -0.877. The van der Waals surface area contributed by atoms with Crippen molar-refractivity contribution in [2.45, 2.75) is 4.90 Å². The molecule has 0 aliphatic carbocycles. The lowest BCUT2D eigenvalue weighted by Crippen LogP contribution is -2.39. The number of amides is 1. The van der Waals surface area contributed by atoms with Crippen molar-refractivity contribution in [1.82, 2.24) is 5.43 Å². The number of carboxylic acids is 1. The molecule has 37 heavy (non-hydrogen) atoms. The van der Waals surface area contributed by atoms with E-state index in [2.05, 4.69) is 10.5 Å². The van der Waals surface area contributed by atoms with Crippen molar-refractivity contribution in [3.8, 4) is 17.2 Å². The highest BCUT2D eigenvalue weighted by Crippen LogP contribution is 2.32. The molecule has 3 aromatic carbocycles. The molecule has 194 valence electrons. The second-order valence-electron chi connectivity index (χ2n) is 7.41.